The molecule has 95 valence electrons. The molecule has 3 heteroatoms. The molecule has 0 aliphatic carbocycles. The summed E-state index contributed by atoms with van der Waals surface area (Å²) < 4.78 is 0. The SMILES string of the molecule is C=Cc1ccccc1CO/N=[C]\c1ccc(Cl)cc1. The molecule has 0 fully saturated rings. The van der Waals surface area contributed by atoms with Gasteiger partial charge in [-0.3, -0.25) is 0 Å². The number of benzene rings is 2. The summed E-state index contributed by atoms with van der Waals surface area (Å²) in [5.74, 6) is 0. The summed E-state index contributed by atoms with van der Waals surface area (Å²) in [5.41, 5.74) is 2.91. The lowest BCUT2D eigenvalue weighted by Crippen LogP contribution is -1.91. The maximum atomic E-state index is 5.79. The van der Waals surface area contributed by atoms with E-state index in [0.717, 1.165) is 16.7 Å². The first-order valence-corrected chi connectivity index (χ1v) is 6.21. The van der Waals surface area contributed by atoms with Gasteiger partial charge in [0, 0.05) is 10.6 Å². The third-order valence-corrected chi connectivity index (χ3v) is 2.83. The van der Waals surface area contributed by atoms with Gasteiger partial charge in [-0.15, -0.1) is 0 Å². The molecule has 0 N–H and O–H groups in total. The zero-order chi connectivity index (χ0) is 13.5. The van der Waals surface area contributed by atoms with Gasteiger partial charge in [0.2, 0.25) is 0 Å². The Bertz CT molecular complexity index is 576. The molecular weight excluding hydrogens is 258 g/mol. The largest absolute Gasteiger partial charge is 0.390 e. The Morgan fingerprint density at radius 1 is 1.16 bits per heavy atom. The molecule has 0 atom stereocenters. The second-order valence-corrected chi connectivity index (χ2v) is 4.32. The Morgan fingerprint density at radius 2 is 1.89 bits per heavy atom. The first-order chi connectivity index (χ1) is 9.29. The van der Waals surface area contributed by atoms with Gasteiger partial charge in [0.15, 0.2) is 0 Å². The van der Waals surface area contributed by atoms with Gasteiger partial charge in [-0.25, -0.2) is 0 Å². The van der Waals surface area contributed by atoms with E-state index in [1.165, 1.54) is 0 Å². The normalized spacial score (nSPS) is 10.6. The standard InChI is InChI=1S/C16H13ClNO/c1-2-14-5-3-4-6-15(14)12-19-18-11-13-7-9-16(17)10-8-13/h2-10H,1,12H2. The lowest BCUT2D eigenvalue weighted by Gasteiger charge is -2.03. The predicted octanol–water partition coefficient (Wildman–Crippen LogP) is 4.41. The van der Waals surface area contributed by atoms with Crippen LogP contribution in [0.1, 0.15) is 16.7 Å². The molecule has 0 saturated heterocycles. The van der Waals surface area contributed by atoms with Gasteiger partial charge in [0.05, 0.1) is 0 Å². The molecule has 0 aliphatic heterocycles. The molecule has 0 unspecified atom stereocenters. The van der Waals surface area contributed by atoms with Crippen LogP contribution in [-0.2, 0) is 11.4 Å². The number of nitrogens with zero attached hydrogens (tertiary/aromatic N) is 1. The maximum absolute atomic E-state index is 5.79. The van der Waals surface area contributed by atoms with Crippen molar-refractivity contribution in [3.05, 3.63) is 76.8 Å². The first kappa shape index (κ1) is 13.4. The van der Waals surface area contributed by atoms with Crippen LogP contribution >= 0.6 is 11.6 Å². The summed E-state index contributed by atoms with van der Waals surface area (Å²) in [6, 6.07) is 15.1. The lowest BCUT2D eigenvalue weighted by molar-refractivity contribution is 0.132. The summed E-state index contributed by atoms with van der Waals surface area (Å²) in [5, 5.41) is 4.50. The molecule has 19 heavy (non-hydrogen) atoms. The molecule has 2 nitrogen and oxygen atoms in total. The van der Waals surface area contributed by atoms with Crippen molar-refractivity contribution in [1.82, 2.24) is 0 Å². The molecule has 2 rings (SSSR count). The van der Waals surface area contributed by atoms with Crippen LogP contribution in [0.15, 0.2) is 60.3 Å². The van der Waals surface area contributed by atoms with Gasteiger partial charge >= 0.3 is 0 Å². The molecule has 0 aromatic heterocycles. The van der Waals surface area contributed by atoms with Gasteiger partial charge in [-0.1, -0.05) is 65.8 Å². The lowest BCUT2D eigenvalue weighted by atomic mass is 10.1. The average Bonchev–Trinajstić information content (AvgIpc) is 2.46. The molecule has 0 amide bonds. The predicted molar refractivity (Wildman–Crippen MR) is 79.3 cm³/mol. The van der Waals surface area contributed by atoms with Crippen LogP contribution in [0.25, 0.3) is 6.08 Å². The highest BCUT2D eigenvalue weighted by atomic mass is 35.5. The van der Waals surface area contributed by atoms with E-state index in [-0.39, 0.29) is 0 Å². The fourth-order valence-corrected chi connectivity index (χ4v) is 1.70. The van der Waals surface area contributed by atoms with Gasteiger partial charge in [-0.2, -0.15) is 0 Å². The molecule has 0 spiro atoms. The summed E-state index contributed by atoms with van der Waals surface area (Å²) in [4.78, 5) is 5.23. The highest BCUT2D eigenvalue weighted by molar-refractivity contribution is 6.30. The number of hydrogen-bond donors (Lipinski definition) is 0. The van der Waals surface area contributed by atoms with Crippen LogP contribution in [0, 0.1) is 0 Å². The van der Waals surface area contributed by atoms with E-state index < -0.39 is 0 Å². The molecule has 0 heterocycles. The summed E-state index contributed by atoms with van der Waals surface area (Å²) in [6.07, 6.45) is 4.59. The van der Waals surface area contributed by atoms with Crippen molar-refractivity contribution in [1.29, 1.82) is 0 Å². The third-order valence-electron chi connectivity index (χ3n) is 2.58. The Morgan fingerprint density at radius 3 is 2.63 bits per heavy atom. The number of rotatable bonds is 5. The molecule has 2 aromatic carbocycles. The van der Waals surface area contributed by atoms with E-state index in [9.17, 15) is 0 Å². The van der Waals surface area contributed by atoms with Crippen LogP contribution in [0.5, 0.6) is 0 Å². The maximum Gasteiger partial charge on any atom is 0.142 e. The van der Waals surface area contributed by atoms with Gasteiger partial charge < -0.3 is 4.84 Å². The second-order valence-electron chi connectivity index (χ2n) is 3.89. The van der Waals surface area contributed by atoms with Crippen LogP contribution in [0.3, 0.4) is 0 Å². The highest BCUT2D eigenvalue weighted by Crippen LogP contribution is 2.11. The minimum atomic E-state index is 0.392. The minimum Gasteiger partial charge on any atom is -0.390 e. The van der Waals surface area contributed by atoms with Crippen molar-refractivity contribution in [2.75, 3.05) is 0 Å². The van der Waals surface area contributed by atoms with E-state index in [0.29, 0.717) is 11.6 Å². The Hall–Kier alpha value is -2.06. The van der Waals surface area contributed by atoms with E-state index in [1.54, 1.807) is 18.2 Å². The first-order valence-electron chi connectivity index (χ1n) is 5.83. The second kappa shape index (κ2) is 6.76. The number of hydrogen-bond acceptors (Lipinski definition) is 2. The molecule has 0 aliphatic rings. The van der Waals surface area contributed by atoms with E-state index >= 15 is 0 Å². The van der Waals surface area contributed by atoms with Crippen LogP contribution < -0.4 is 0 Å². The van der Waals surface area contributed by atoms with Gasteiger partial charge in [0.1, 0.15) is 12.8 Å². The summed E-state index contributed by atoms with van der Waals surface area (Å²) in [7, 11) is 0. The fourth-order valence-electron chi connectivity index (χ4n) is 1.58. The van der Waals surface area contributed by atoms with Crippen molar-refractivity contribution in [3.8, 4) is 0 Å². The van der Waals surface area contributed by atoms with E-state index in [1.807, 2.05) is 36.4 Å². The van der Waals surface area contributed by atoms with Crippen molar-refractivity contribution >= 4 is 23.9 Å². The van der Waals surface area contributed by atoms with Crippen molar-refractivity contribution in [2.24, 2.45) is 5.16 Å². The summed E-state index contributed by atoms with van der Waals surface area (Å²) >= 11 is 5.79. The zero-order valence-corrected chi connectivity index (χ0v) is 11.1. The molecule has 0 saturated carbocycles. The smallest absolute Gasteiger partial charge is 0.142 e. The van der Waals surface area contributed by atoms with Crippen molar-refractivity contribution < 1.29 is 4.84 Å². The van der Waals surface area contributed by atoms with Crippen LogP contribution in [-0.4, -0.2) is 6.21 Å². The van der Waals surface area contributed by atoms with Gasteiger partial charge in [-0.05, 0) is 23.3 Å². The fraction of sp³-hybridized carbons (Fsp3) is 0.0625. The average molecular weight is 271 g/mol. The van der Waals surface area contributed by atoms with Gasteiger partial charge in [0.25, 0.3) is 0 Å². The molecule has 1 radical (unpaired) electrons. The molecule has 0 bridgehead atoms. The van der Waals surface area contributed by atoms with Crippen molar-refractivity contribution in [3.63, 3.8) is 0 Å². The minimum absolute atomic E-state index is 0.392. The molecular formula is C16H13ClNO. The monoisotopic (exact) mass is 270 g/mol. The third kappa shape index (κ3) is 3.97. The Balaban J connectivity index is 1.93. The quantitative estimate of drug-likeness (QED) is 0.582. The van der Waals surface area contributed by atoms with E-state index in [2.05, 4.69) is 17.9 Å². The Kier molecular flexibility index (Phi) is 4.76. The van der Waals surface area contributed by atoms with Crippen LogP contribution in [0.4, 0.5) is 0 Å². The summed E-state index contributed by atoms with van der Waals surface area (Å²) in [6.45, 7) is 4.15. The van der Waals surface area contributed by atoms with Crippen LogP contribution in [0.2, 0.25) is 5.02 Å². The van der Waals surface area contributed by atoms with E-state index in [4.69, 9.17) is 16.4 Å². The zero-order valence-electron chi connectivity index (χ0n) is 10.3. The molecule has 2 aromatic rings. The topological polar surface area (TPSA) is 21.6 Å². The highest BCUT2D eigenvalue weighted by Gasteiger charge is 1.97. The Labute approximate surface area is 118 Å². The van der Waals surface area contributed by atoms with Crippen molar-refractivity contribution in [2.45, 2.75) is 6.61 Å². The number of halogens is 1.